The zero-order valence-corrected chi connectivity index (χ0v) is 15.6. The van der Waals surface area contributed by atoms with Gasteiger partial charge in [-0.15, -0.1) is 0 Å². The van der Waals surface area contributed by atoms with Crippen molar-refractivity contribution in [2.75, 3.05) is 32.6 Å². The van der Waals surface area contributed by atoms with Crippen LogP contribution in [-0.2, 0) is 4.79 Å². The molecular formula is C21H26N2O3. The fourth-order valence-electron chi connectivity index (χ4n) is 3.34. The molecule has 0 radical (unpaired) electrons. The van der Waals surface area contributed by atoms with E-state index in [4.69, 9.17) is 9.47 Å². The van der Waals surface area contributed by atoms with E-state index in [0.717, 1.165) is 42.7 Å². The third-order valence-electron chi connectivity index (χ3n) is 4.83. The molecule has 0 aliphatic carbocycles. The highest BCUT2D eigenvalue weighted by molar-refractivity contribution is 5.86. The van der Waals surface area contributed by atoms with Crippen LogP contribution in [0.2, 0.25) is 0 Å². The van der Waals surface area contributed by atoms with Gasteiger partial charge in [-0.2, -0.15) is 0 Å². The van der Waals surface area contributed by atoms with E-state index in [-0.39, 0.29) is 5.91 Å². The molecule has 5 heteroatoms. The first kappa shape index (κ1) is 18.1. The third kappa shape index (κ3) is 3.77. The van der Waals surface area contributed by atoms with Gasteiger partial charge in [-0.25, -0.2) is 0 Å². The van der Waals surface area contributed by atoms with Gasteiger partial charge in [0.15, 0.2) is 11.5 Å². The summed E-state index contributed by atoms with van der Waals surface area (Å²) in [6, 6.07) is 13.2. The molecule has 138 valence electrons. The van der Waals surface area contributed by atoms with Crippen molar-refractivity contribution in [1.29, 1.82) is 0 Å². The van der Waals surface area contributed by atoms with E-state index in [1.54, 1.807) is 14.2 Å². The van der Waals surface area contributed by atoms with Crippen molar-refractivity contribution in [1.82, 2.24) is 4.90 Å². The van der Waals surface area contributed by atoms with Crippen molar-refractivity contribution < 1.29 is 14.3 Å². The van der Waals surface area contributed by atoms with Crippen LogP contribution in [0.15, 0.2) is 42.5 Å². The van der Waals surface area contributed by atoms with Crippen LogP contribution in [0.1, 0.15) is 30.0 Å². The maximum atomic E-state index is 13.1. The lowest BCUT2D eigenvalue weighted by atomic mass is 10.0. The Labute approximate surface area is 154 Å². The van der Waals surface area contributed by atoms with E-state index in [0.29, 0.717) is 11.5 Å². The molecule has 0 aromatic heterocycles. The molecule has 1 heterocycles. The zero-order chi connectivity index (χ0) is 18.5. The molecule has 5 nitrogen and oxygen atoms in total. The molecule has 1 N–H and O–H groups in total. The molecule has 1 atom stereocenters. The first-order chi connectivity index (χ1) is 12.6. The topological polar surface area (TPSA) is 50.8 Å². The summed E-state index contributed by atoms with van der Waals surface area (Å²) >= 11 is 0. The second kappa shape index (κ2) is 8.13. The molecule has 2 aromatic rings. The number of aryl methyl sites for hydroxylation is 1. The summed E-state index contributed by atoms with van der Waals surface area (Å²) in [6.45, 7) is 3.65. The highest BCUT2D eigenvalue weighted by Crippen LogP contribution is 2.35. The van der Waals surface area contributed by atoms with Crippen LogP contribution in [0.5, 0.6) is 11.5 Å². The van der Waals surface area contributed by atoms with Gasteiger partial charge in [-0.3, -0.25) is 4.79 Å². The minimum Gasteiger partial charge on any atom is -0.493 e. The van der Waals surface area contributed by atoms with Crippen LogP contribution >= 0.6 is 0 Å². The summed E-state index contributed by atoms with van der Waals surface area (Å²) in [4.78, 5) is 15.1. The molecule has 2 aromatic carbocycles. The van der Waals surface area contributed by atoms with E-state index in [1.165, 1.54) is 0 Å². The summed E-state index contributed by atoms with van der Waals surface area (Å²) in [5.41, 5.74) is 2.82. The minimum absolute atomic E-state index is 0.114. The van der Waals surface area contributed by atoms with Crippen LogP contribution < -0.4 is 14.8 Å². The van der Waals surface area contributed by atoms with Gasteiger partial charge >= 0.3 is 0 Å². The van der Waals surface area contributed by atoms with Crippen molar-refractivity contribution in [3.05, 3.63) is 53.6 Å². The monoisotopic (exact) mass is 354 g/mol. The molecule has 1 amide bonds. The average Bonchev–Trinajstić information content (AvgIpc) is 3.21. The van der Waals surface area contributed by atoms with E-state index in [9.17, 15) is 4.79 Å². The van der Waals surface area contributed by atoms with E-state index in [2.05, 4.69) is 5.32 Å². The molecule has 0 bridgehead atoms. The number of amides is 1. The Morgan fingerprint density at radius 3 is 2.27 bits per heavy atom. The molecule has 1 aliphatic heterocycles. The van der Waals surface area contributed by atoms with Crippen LogP contribution in [0, 0.1) is 6.92 Å². The van der Waals surface area contributed by atoms with Gasteiger partial charge in [-0.05, 0) is 37.0 Å². The zero-order valence-electron chi connectivity index (χ0n) is 15.6. The number of likely N-dealkylation sites (tertiary alicyclic amines) is 1. The molecule has 0 unspecified atom stereocenters. The lowest BCUT2D eigenvalue weighted by molar-refractivity contribution is -0.131. The normalized spacial score (nSPS) is 14.8. The third-order valence-corrected chi connectivity index (χ3v) is 4.83. The van der Waals surface area contributed by atoms with Gasteiger partial charge < -0.3 is 19.7 Å². The number of hydrogen-bond donors (Lipinski definition) is 1. The molecule has 3 rings (SSSR count). The van der Waals surface area contributed by atoms with Gasteiger partial charge in [0.05, 0.1) is 14.2 Å². The molecule has 26 heavy (non-hydrogen) atoms. The van der Waals surface area contributed by atoms with Gasteiger partial charge in [-0.1, -0.05) is 30.3 Å². The standard InChI is InChI=1S/C21H26N2O3/c1-15-13-18(25-2)19(26-3)14-17(15)22-20(16-9-5-4-6-10-16)21(24)23-11-7-8-12-23/h4-6,9-10,13-14,20,22H,7-8,11-12H2,1-3H3/t20-/m1/s1. The number of benzene rings is 2. The lowest BCUT2D eigenvalue weighted by Gasteiger charge is -2.26. The maximum Gasteiger partial charge on any atom is 0.249 e. The summed E-state index contributed by atoms with van der Waals surface area (Å²) in [7, 11) is 3.23. The Morgan fingerprint density at radius 2 is 1.65 bits per heavy atom. The lowest BCUT2D eigenvalue weighted by Crippen LogP contribution is -2.36. The van der Waals surface area contributed by atoms with Crippen molar-refractivity contribution in [3.8, 4) is 11.5 Å². The number of methoxy groups -OCH3 is 2. The quantitative estimate of drug-likeness (QED) is 0.857. The van der Waals surface area contributed by atoms with Gasteiger partial charge in [0.25, 0.3) is 0 Å². The average molecular weight is 354 g/mol. The largest absolute Gasteiger partial charge is 0.493 e. The summed E-state index contributed by atoms with van der Waals surface area (Å²) in [6.07, 6.45) is 2.14. The fourth-order valence-corrected chi connectivity index (χ4v) is 3.34. The number of carbonyl (C=O) groups excluding carboxylic acids is 1. The Balaban J connectivity index is 1.94. The second-order valence-electron chi connectivity index (χ2n) is 6.54. The smallest absolute Gasteiger partial charge is 0.249 e. The van der Waals surface area contributed by atoms with Crippen LogP contribution in [0.4, 0.5) is 5.69 Å². The van der Waals surface area contributed by atoms with E-state index < -0.39 is 6.04 Å². The Hall–Kier alpha value is -2.69. The summed E-state index contributed by atoms with van der Waals surface area (Å²) in [5.74, 6) is 1.43. The van der Waals surface area contributed by atoms with E-state index in [1.807, 2.05) is 54.3 Å². The number of nitrogens with zero attached hydrogens (tertiary/aromatic N) is 1. The molecule has 1 fully saturated rings. The van der Waals surface area contributed by atoms with Crippen molar-refractivity contribution >= 4 is 11.6 Å². The van der Waals surface area contributed by atoms with Crippen LogP contribution in [0.3, 0.4) is 0 Å². The molecule has 0 saturated carbocycles. The van der Waals surface area contributed by atoms with Crippen molar-refractivity contribution in [2.45, 2.75) is 25.8 Å². The predicted molar refractivity (Wildman–Crippen MR) is 103 cm³/mol. The molecule has 1 saturated heterocycles. The fraction of sp³-hybridized carbons (Fsp3) is 0.381. The van der Waals surface area contributed by atoms with Gasteiger partial charge in [0.1, 0.15) is 6.04 Å². The van der Waals surface area contributed by atoms with Crippen molar-refractivity contribution in [2.24, 2.45) is 0 Å². The number of carbonyl (C=O) groups is 1. The second-order valence-corrected chi connectivity index (χ2v) is 6.54. The Morgan fingerprint density at radius 1 is 1.04 bits per heavy atom. The molecule has 0 spiro atoms. The van der Waals surface area contributed by atoms with Crippen molar-refractivity contribution in [3.63, 3.8) is 0 Å². The Kier molecular flexibility index (Phi) is 5.66. The molecular weight excluding hydrogens is 328 g/mol. The first-order valence-corrected chi connectivity index (χ1v) is 8.97. The number of ether oxygens (including phenoxy) is 2. The molecule has 1 aliphatic rings. The summed E-state index contributed by atoms with van der Waals surface area (Å²) in [5, 5.41) is 3.44. The number of nitrogens with one attached hydrogen (secondary N) is 1. The number of rotatable bonds is 6. The maximum absolute atomic E-state index is 13.1. The minimum atomic E-state index is -0.425. The highest BCUT2D eigenvalue weighted by Gasteiger charge is 2.28. The number of hydrogen-bond acceptors (Lipinski definition) is 4. The van der Waals surface area contributed by atoms with Gasteiger partial charge in [0, 0.05) is 24.8 Å². The SMILES string of the molecule is COc1cc(C)c(N[C@@H](C(=O)N2CCCC2)c2ccccc2)cc1OC. The first-order valence-electron chi connectivity index (χ1n) is 8.97. The Bertz CT molecular complexity index is 755. The highest BCUT2D eigenvalue weighted by atomic mass is 16.5. The predicted octanol–water partition coefficient (Wildman–Crippen LogP) is 3.79. The van der Waals surface area contributed by atoms with Crippen LogP contribution in [-0.4, -0.2) is 38.1 Å². The van der Waals surface area contributed by atoms with Gasteiger partial charge in [0.2, 0.25) is 5.91 Å². The number of anilines is 1. The van der Waals surface area contributed by atoms with E-state index >= 15 is 0 Å². The van der Waals surface area contributed by atoms with Crippen LogP contribution in [0.25, 0.3) is 0 Å². The summed E-state index contributed by atoms with van der Waals surface area (Å²) < 4.78 is 10.8.